The first kappa shape index (κ1) is 31.9. The Morgan fingerprint density at radius 1 is 1.15 bits per heavy atom. The highest BCUT2D eigenvalue weighted by atomic mass is 32.2. The third-order valence-corrected chi connectivity index (χ3v) is 7.32. The van der Waals surface area contributed by atoms with Crippen LogP contribution in [0.4, 0.5) is 9.93 Å². The number of aromatic nitrogens is 1. The normalized spacial score (nSPS) is 20.2. The number of oxime groups is 1. The van der Waals surface area contributed by atoms with Crippen molar-refractivity contribution in [2.75, 3.05) is 19.2 Å². The Morgan fingerprint density at radius 3 is 2.44 bits per heavy atom. The first-order valence-corrected chi connectivity index (χ1v) is 14.2. The SMILES string of the molecule is CON=C1C=C(C(=O)OCOC(=O)C(C)(C)C)N2C(=O)C(c3csc(NC(=O)[C@H](C)NC(=O)OC(C)(C)C)n3)[C@@H]2S1. The summed E-state index contributed by atoms with van der Waals surface area (Å²) in [5.41, 5.74) is -1.22. The van der Waals surface area contributed by atoms with Crippen LogP contribution in [0, 0.1) is 5.41 Å². The number of thioether (sulfide) groups is 1. The van der Waals surface area contributed by atoms with E-state index >= 15 is 0 Å². The molecule has 1 unspecified atom stereocenters. The minimum atomic E-state index is -0.916. The largest absolute Gasteiger partial charge is 0.444 e. The average Bonchev–Trinajstić information content (AvgIpc) is 3.28. The van der Waals surface area contributed by atoms with Crippen LogP contribution < -0.4 is 10.6 Å². The fourth-order valence-electron chi connectivity index (χ4n) is 3.43. The number of carbonyl (C=O) groups is 5. The van der Waals surface area contributed by atoms with Crippen molar-refractivity contribution >= 4 is 63.1 Å². The number of hydrogen-bond donors (Lipinski definition) is 2. The molecular formula is C25H33N5O9S2. The minimum absolute atomic E-state index is 0.0941. The molecule has 3 rings (SSSR count). The molecule has 1 fully saturated rings. The van der Waals surface area contributed by atoms with Crippen LogP contribution in [0.3, 0.4) is 0 Å². The van der Waals surface area contributed by atoms with Gasteiger partial charge in [0.25, 0.3) is 0 Å². The molecule has 0 aliphatic carbocycles. The summed E-state index contributed by atoms with van der Waals surface area (Å²) in [6, 6.07) is -0.916. The van der Waals surface area contributed by atoms with Crippen molar-refractivity contribution in [3.8, 4) is 0 Å². The number of amides is 3. The van der Waals surface area contributed by atoms with E-state index in [9.17, 15) is 24.0 Å². The first-order valence-electron chi connectivity index (χ1n) is 12.4. The Kier molecular flexibility index (Phi) is 9.69. The number of hydrogen-bond acceptors (Lipinski definition) is 13. The molecule has 0 radical (unpaired) electrons. The third kappa shape index (κ3) is 7.97. The van der Waals surface area contributed by atoms with Gasteiger partial charge in [0.15, 0.2) is 5.13 Å². The van der Waals surface area contributed by atoms with Gasteiger partial charge in [-0.2, -0.15) is 0 Å². The van der Waals surface area contributed by atoms with Gasteiger partial charge in [-0.05, 0) is 48.5 Å². The average molecular weight is 612 g/mol. The van der Waals surface area contributed by atoms with E-state index in [4.69, 9.17) is 19.0 Å². The molecule has 0 aromatic carbocycles. The number of nitrogens with zero attached hydrogens (tertiary/aromatic N) is 3. The predicted molar refractivity (Wildman–Crippen MR) is 150 cm³/mol. The zero-order chi connectivity index (χ0) is 30.7. The van der Waals surface area contributed by atoms with Crippen LogP contribution in [0.15, 0.2) is 22.3 Å². The summed E-state index contributed by atoms with van der Waals surface area (Å²) >= 11 is 2.28. The Bertz CT molecular complexity index is 1280. The second-order valence-corrected chi connectivity index (χ2v) is 13.0. The maximum atomic E-state index is 13.2. The lowest BCUT2D eigenvalue weighted by atomic mass is 9.94. The van der Waals surface area contributed by atoms with Crippen LogP contribution in [0.25, 0.3) is 0 Å². The Balaban J connectivity index is 1.67. The molecule has 16 heteroatoms. The monoisotopic (exact) mass is 611 g/mol. The van der Waals surface area contributed by atoms with Crippen molar-refractivity contribution in [1.29, 1.82) is 0 Å². The third-order valence-electron chi connectivity index (χ3n) is 5.38. The maximum absolute atomic E-state index is 13.2. The van der Waals surface area contributed by atoms with E-state index in [1.807, 2.05) is 0 Å². The van der Waals surface area contributed by atoms with Crippen molar-refractivity contribution in [1.82, 2.24) is 15.2 Å². The van der Waals surface area contributed by atoms with Crippen LogP contribution in [0.5, 0.6) is 0 Å². The van der Waals surface area contributed by atoms with Gasteiger partial charge in [-0.1, -0.05) is 16.9 Å². The molecule has 2 aliphatic rings. The Hall–Kier alpha value is -3.66. The summed E-state index contributed by atoms with van der Waals surface area (Å²) in [6.45, 7) is 11.0. The van der Waals surface area contributed by atoms with E-state index in [0.717, 1.165) is 11.3 Å². The van der Waals surface area contributed by atoms with Gasteiger partial charge in [-0.3, -0.25) is 19.3 Å². The number of β-lactam (4-membered cyclic amide) rings is 1. The van der Waals surface area contributed by atoms with Gasteiger partial charge in [0, 0.05) is 11.5 Å². The predicted octanol–water partition coefficient (Wildman–Crippen LogP) is 2.93. The van der Waals surface area contributed by atoms with Crippen LogP contribution in [-0.4, -0.2) is 75.7 Å². The van der Waals surface area contributed by atoms with Crippen LogP contribution in [0.1, 0.15) is 60.1 Å². The molecule has 3 heterocycles. The molecule has 0 bridgehead atoms. The van der Waals surface area contributed by atoms with E-state index in [0.29, 0.717) is 10.7 Å². The van der Waals surface area contributed by atoms with E-state index in [-0.39, 0.29) is 10.8 Å². The fraction of sp³-hybridized carbons (Fsp3) is 0.560. The maximum Gasteiger partial charge on any atom is 0.408 e. The van der Waals surface area contributed by atoms with Crippen LogP contribution in [-0.2, 0) is 38.2 Å². The first-order chi connectivity index (χ1) is 19.0. The summed E-state index contributed by atoms with van der Waals surface area (Å²) in [4.78, 5) is 73.0. The van der Waals surface area contributed by atoms with Gasteiger partial charge in [0.1, 0.15) is 40.8 Å². The number of alkyl carbamates (subject to hydrolysis) is 1. The molecular weight excluding hydrogens is 578 g/mol. The standard InChI is InChI=1S/C25H33N5O9S2/c1-12(26-23(35)39-25(5,6)7)17(31)28-22-27-13(10-40-22)16-18(32)30-14(9-15(29-36-8)41-19(16)30)20(33)37-11-38-21(34)24(2,3)4/h9-10,12,16,19H,11H2,1-8H3,(H,26,35)(H,27,28,31)/t12-,16?,19-/m0/s1. The summed E-state index contributed by atoms with van der Waals surface area (Å²) in [6.07, 6.45) is 0.607. The molecule has 1 saturated heterocycles. The second-order valence-electron chi connectivity index (χ2n) is 11.0. The highest BCUT2D eigenvalue weighted by molar-refractivity contribution is 8.15. The minimum Gasteiger partial charge on any atom is -0.444 e. The number of fused-ring (bicyclic) bond motifs is 1. The number of carbonyl (C=O) groups excluding carboxylic acids is 5. The molecule has 3 amide bonds. The number of nitrogens with one attached hydrogen (secondary N) is 2. The zero-order valence-electron chi connectivity index (χ0n) is 23.9. The van der Waals surface area contributed by atoms with Crippen molar-refractivity contribution in [2.24, 2.45) is 10.6 Å². The van der Waals surface area contributed by atoms with E-state index in [1.165, 1.54) is 36.8 Å². The highest BCUT2D eigenvalue weighted by Crippen LogP contribution is 2.48. The number of esters is 2. The molecule has 224 valence electrons. The van der Waals surface area contributed by atoms with Crippen molar-refractivity contribution < 1.29 is 43.0 Å². The lowest BCUT2D eigenvalue weighted by molar-refractivity contribution is -0.173. The van der Waals surface area contributed by atoms with E-state index in [1.54, 1.807) is 46.9 Å². The molecule has 3 atom stereocenters. The molecule has 2 N–H and O–H groups in total. The quantitative estimate of drug-likeness (QED) is 0.191. The molecule has 1 aromatic heterocycles. The zero-order valence-corrected chi connectivity index (χ0v) is 25.6. The van der Waals surface area contributed by atoms with Gasteiger partial charge < -0.3 is 29.7 Å². The van der Waals surface area contributed by atoms with Gasteiger partial charge in [0.2, 0.25) is 18.6 Å². The second kappa shape index (κ2) is 12.5. The lowest BCUT2D eigenvalue weighted by Crippen LogP contribution is -2.60. The Morgan fingerprint density at radius 2 is 1.83 bits per heavy atom. The van der Waals surface area contributed by atoms with Crippen LogP contribution in [0.2, 0.25) is 0 Å². The van der Waals surface area contributed by atoms with Crippen molar-refractivity contribution in [3.63, 3.8) is 0 Å². The number of ether oxygens (including phenoxy) is 3. The molecule has 0 saturated carbocycles. The highest BCUT2D eigenvalue weighted by Gasteiger charge is 2.55. The van der Waals surface area contributed by atoms with Gasteiger partial charge >= 0.3 is 18.0 Å². The van der Waals surface area contributed by atoms with Crippen molar-refractivity contribution in [3.05, 3.63) is 22.8 Å². The molecule has 14 nitrogen and oxygen atoms in total. The van der Waals surface area contributed by atoms with Gasteiger partial charge in [-0.15, -0.1) is 11.3 Å². The summed E-state index contributed by atoms with van der Waals surface area (Å²) < 4.78 is 15.2. The molecule has 2 aliphatic heterocycles. The van der Waals surface area contributed by atoms with Gasteiger partial charge in [-0.25, -0.2) is 14.6 Å². The molecule has 41 heavy (non-hydrogen) atoms. The summed E-state index contributed by atoms with van der Waals surface area (Å²) in [5, 5.41) is 10.5. The van der Waals surface area contributed by atoms with E-state index in [2.05, 4.69) is 20.8 Å². The topological polar surface area (TPSA) is 175 Å². The van der Waals surface area contributed by atoms with Crippen molar-refractivity contribution in [2.45, 2.75) is 71.4 Å². The van der Waals surface area contributed by atoms with E-state index < -0.39 is 65.0 Å². The smallest absolute Gasteiger partial charge is 0.408 e. The number of anilines is 1. The van der Waals surface area contributed by atoms with Gasteiger partial charge in [0.05, 0.1) is 11.1 Å². The molecule has 1 aromatic rings. The summed E-state index contributed by atoms with van der Waals surface area (Å²) in [7, 11) is 1.34. The number of rotatable bonds is 8. The molecule has 0 spiro atoms. The lowest BCUT2D eigenvalue weighted by Gasteiger charge is -2.47. The number of thiazole rings is 1. The van der Waals surface area contributed by atoms with Crippen LogP contribution >= 0.6 is 23.1 Å². The summed E-state index contributed by atoms with van der Waals surface area (Å²) in [5.74, 6) is -3.14. The Labute approximate surface area is 245 Å². The fourth-order valence-corrected chi connectivity index (χ4v) is 5.44.